The van der Waals surface area contributed by atoms with Crippen molar-refractivity contribution in [1.82, 2.24) is 9.97 Å². The predicted molar refractivity (Wildman–Crippen MR) is 106 cm³/mol. The molecule has 6 nitrogen and oxygen atoms in total. The lowest BCUT2D eigenvalue weighted by molar-refractivity contribution is -0.120. The number of benzene rings is 1. The number of carbonyl (C=O) groups excluding carboxylic acids is 2. The Morgan fingerprint density at radius 2 is 2.04 bits per heavy atom. The summed E-state index contributed by atoms with van der Waals surface area (Å²) < 4.78 is 0. The second kappa shape index (κ2) is 8.58. The summed E-state index contributed by atoms with van der Waals surface area (Å²) in [5.41, 5.74) is 2.63. The number of para-hydroxylation sites is 1. The number of aryl methyl sites for hydroxylation is 1. The summed E-state index contributed by atoms with van der Waals surface area (Å²) >= 11 is 0. The van der Waals surface area contributed by atoms with E-state index < -0.39 is 0 Å². The molecule has 2 aromatic rings. The molecule has 140 valence electrons. The van der Waals surface area contributed by atoms with Crippen molar-refractivity contribution >= 4 is 29.0 Å². The van der Waals surface area contributed by atoms with E-state index >= 15 is 0 Å². The van der Waals surface area contributed by atoms with Crippen LogP contribution in [0.15, 0.2) is 43.1 Å². The van der Waals surface area contributed by atoms with E-state index in [1.54, 1.807) is 6.20 Å². The maximum Gasteiger partial charge on any atom is 0.224 e. The number of hydrogen-bond acceptors (Lipinski definition) is 6. The van der Waals surface area contributed by atoms with Gasteiger partial charge in [-0.25, -0.2) is 4.98 Å². The number of nitrogens with one attached hydrogen (secondary N) is 2. The average molecular weight is 364 g/mol. The molecule has 1 saturated carbocycles. The third kappa shape index (κ3) is 5.00. The molecule has 1 aromatic carbocycles. The third-order valence-corrected chi connectivity index (χ3v) is 4.71. The van der Waals surface area contributed by atoms with Gasteiger partial charge in [-0.05, 0) is 37.5 Å². The lowest BCUT2D eigenvalue weighted by Gasteiger charge is -2.22. The molecule has 1 aromatic heterocycles. The van der Waals surface area contributed by atoms with Crippen LogP contribution in [0.2, 0.25) is 0 Å². The van der Waals surface area contributed by atoms with E-state index in [0.717, 1.165) is 29.7 Å². The first-order valence-corrected chi connectivity index (χ1v) is 9.17. The molecule has 0 atom stereocenters. The highest BCUT2D eigenvalue weighted by Crippen LogP contribution is 2.24. The number of Topliss-reactive ketones (excluding diaryl/α,β-unsaturated/α-hetero) is 1. The minimum atomic E-state index is -0.0298. The zero-order valence-electron chi connectivity index (χ0n) is 15.5. The number of rotatable bonds is 7. The Labute approximate surface area is 159 Å². The first-order chi connectivity index (χ1) is 13.0. The molecule has 0 spiro atoms. The van der Waals surface area contributed by atoms with Crippen LogP contribution in [0, 0.1) is 6.92 Å². The van der Waals surface area contributed by atoms with Crippen LogP contribution in [0.5, 0.6) is 0 Å². The molecule has 0 saturated heterocycles. The lowest BCUT2D eigenvalue weighted by Crippen LogP contribution is -2.27. The largest absolute Gasteiger partial charge is 0.351 e. The van der Waals surface area contributed by atoms with Gasteiger partial charge in [-0.15, -0.1) is 0 Å². The highest BCUT2D eigenvalue weighted by Gasteiger charge is 2.19. The van der Waals surface area contributed by atoms with E-state index in [0.29, 0.717) is 30.4 Å². The number of carbonyl (C=O) groups is 2. The van der Waals surface area contributed by atoms with Crippen LogP contribution in [0.3, 0.4) is 0 Å². The smallest absolute Gasteiger partial charge is 0.224 e. The van der Waals surface area contributed by atoms with Crippen molar-refractivity contribution in [3.05, 3.63) is 54.2 Å². The van der Waals surface area contributed by atoms with Crippen LogP contribution < -0.4 is 10.6 Å². The fraction of sp³-hybridized carbons (Fsp3) is 0.333. The SMILES string of the molecule is C=CC(=O)Cc1ccccc1Nc1nc(NC2CCC(=O)CC2)ncc1C. The molecule has 1 aliphatic rings. The normalized spacial score (nSPS) is 14.6. The van der Waals surface area contributed by atoms with Crippen LogP contribution in [0.4, 0.5) is 17.5 Å². The number of aromatic nitrogens is 2. The van der Waals surface area contributed by atoms with Gasteiger partial charge in [-0.2, -0.15) is 4.98 Å². The topological polar surface area (TPSA) is 84.0 Å². The van der Waals surface area contributed by atoms with Crippen LogP contribution in [-0.4, -0.2) is 27.6 Å². The van der Waals surface area contributed by atoms with Crippen LogP contribution in [0.25, 0.3) is 0 Å². The van der Waals surface area contributed by atoms with Crippen molar-refractivity contribution in [1.29, 1.82) is 0 Å². The number of hydrogen-bond donors (Lipinski definition) is 2. The quantitative estimate of drug-likeness (QED) is 0.728. The lowest BCUT2D eigenvalue weighted by atomic mass is 9.94. The zero-order chi connectivity index (χ0) is 19.2. The minimum absolute atomic E-state index is 0.0298. The molecule has 1 heterocycles. The molecule has 27 heavy (non-hydrogen) atoms. The van der Waals surface area contributed by atoms with Gasteiger partial charge in [0.15, 0.2) is 5.78 Å². The summed E-state index contributed by atoms with van der Waals surface area (Å²) in [4.78, 5) is 32.1. The Morgan fingerprint density at radius 1 is 1.30 bits per heavy atom. The summed E-state index contributed by atoms with van der Waals surface area (Å²) in [6, 6.07) is 7.88. The molecule has 0 bridgehead atoms. The number of ketones is 2. The molecular formula is C21H24N4O2. The average Bonchev–Trinajstić information content (AvgIpc) is 2.67. The molecular weight excluding hydrogens is 340 g/mol. The Kier molecular flexibility index (Phi) is 5.96. The summed E-state index contributed by atoms with van der Waals surface area (Å²) in [6.45, 7) is 5.47. The summed E-state index contributed by atoms with van der Waals surface area (Å²) in [7, 11) is 0. The van der Waals surface area contributed by atoms with E-state index in [4.69, 9.17) is 0 Å². The molecule has 0 aliphatic heterocycles. The molecule has 1 aliphatic carbocycles. The van der Waals surface area contributed by atoms with Gasteiger partial charge in [0.25, 0.3) is 0 Å². The van der Waals surface area contributed by atoms with Crippen LogP contribution in [0.1, 0.15) is 36.8 Å². The minimum Gasteiger partial charge on any atom is -0.351 e. The molecule has 0 radical (unpaired) electrons. The summed E-state index contributed by atoms with van der Waals surface area (Å²) in [6.07, 6.45) is 6.24. The second-order valence-corrected chi connectivity index (χ2v) is 6.81. The first kappa shape index (κ1) is 18.8. The molecule has 6 heteroatoms. The highest BCUT2D eigenvalue weighted by atomic mass is 16.1. The van der Waals surface area contributed by atoms with E-state index in [-0.39, 0.29) is 18.2 Å². The van der Waals surface area contributed by atoms with E-state index in [2.05, 4.69) is 27.2 Å². The maximum absolute atomic E-state index is 11.7. The van der Waals surface area contributed by atoms with Crippen LogP contribution in [-0.2, 0) is 16.0 Å². The van der Waals surface area contributed by atoms with Crippen molar-refractivity contribution in [2.24, 2.45) is 0 Å². The van der Waals surface area contributed by atoms with E-state index in [1.807, 2.05) is 31.2 Å². The molecule has 2 N–H and O–H groups in total. The van der Waals surface area contributed by atoms with Gasteiger partial charge in [0.1, 0.15) is 11.6 Å². The second-order valence-electron chi connectivity index (χ2n) is 6.81. The van der Waals surface area contributed by atoms with Gasteiger partial charge < -0.3 is 10.6 Å². The van der Waals surface area contributed by atoms with Crippen LogP contribution >= 0.6 is 0 Å². The van der Waals surface area contributed by atoms with Crippen molar-refractivity contribution in [3.63, 3.8) is 0 Å². The van der Waals surface area contributed by atoms with Gasteiger partial charge in [0.2, 0.25) is 5.95 Å². The predicted octanol–water partition coefficient (Wildman–Crippen LogP) is 3.75. The Hall–Kier alpha value is -3.02. The highest BCUT2D eigenvalue weighted by molar-refractivity contribution is 5.92. The molecule has 3 rings (SSSR count). The van der Waals surface area contributed by atoms with Gasteiger partial charge in [0, 0.05) is 42.8 Å². The first-order valence-electron chi connectivity index (χ1n) is 9.17. The number of nitrogens with zero attached hydrogens (tertiary/aromatic N) is 2. The van der Waals surface area contributed by atoms with Gasteiger partial charge >= 0.3 is 0 Å². The summed E-state index contributed by atoms with van der Waals surface area (Å²) in [5.74, 6) is 1.53. The third-order valence-electron chi connectivity index (χ3n) is 4.71. The molecule has 0 amide bonds. The Morgan fingerprint density at radius 3 is 2.78 bits per heavy atom. The van der Waals surface area contributed by atoms with Crippen molar-refractivity contribution in [2.45, 2.75) is 45.1 Å². The van der Waals surface area contributed by atoms with Crippen molar-refractivity contribution < 1.29 is 9.59 Å². The molecule has 0 unspecified atom stereocenters. The Bertz CT molecular complexity index is 853. The summed E-state index contributed by atoms with van der Waals surface area (Å²) in [5, 5.41) is 6.65. The van der Waals surface area contributed by atoms with E-state index in [1.165, 1.54) is 6.08 Å². The molecule has 1 fully saturated rings. The van der Waals surface area contributed by atoms with Gasteiger partial charge in [-0.3, -0.25) is 9.59 Å². The fourth-order valence-electron chi connectivity index (χ4n) is 3.09. The van der Waals surface area contributed by atoms with E-state index in [9.17, 15) is 9.59 Å². The standard InChI is InChI=1S/C21H24N4O2/c1-3-17(26)12-15-6-4-5-7-19(15)24-20-14(2)13-22-21(25-20)23-16-8-10-18(27)11-9-16/h3-7,13,16H,1,8-12H2,2H3,(H2,22,23,24,25). The maximum atomic E-state index is 11.7. The van der Waals surface area contributed by atoms with Gasteiger partial charge in [0.05, 0.1) is 0 Å². The van der Waals surface area contributed by atoms with Crippen molar-refractivity contribution in [2.75, 3.05) is 10.6 Å². The van der Waals surface area contributed by atoms with Crippen molar-refractivity contribution in [3.8, 4) is 0 Å². The fourth-order valence-corrected chi connectivity index (χ4v) is 3.09. The monoisotopic (exact) mass is 364 g/mol. The number of allylic oxidation sites excluding steroid dienone is 1. The van der Waals surface area contributed by atoms with Gasteiger partial charge in [-0.1, -0.05) is 24.8 Å². The Balaban J connectivity index is 1.76. The number of anilines is 3. The zero-order valence-corrected chi connectivity index (χ0v) is 15.5.